The number of nitrogens with zero attached hydrogens (tertiary/aromatic N) is 3. The van der Waals surface area contributed by atoms with Crippen LogP contribution in [-0.2, 0) is 0 Å². The van der Waals surface area contributed by atoms with Gasteiger partial charge in [-0.2, -0.15) is 0 Å². The molecule has 0 aliphatic carbocycles. The molecule has 1 aliphatic rings. The molecule has 0 bridgehead atoms. The van der Waals surface area contributed by atoms with Crippen molar-refractivity contribution in [2.75, 3.05) is 23.4 Å². The summed E-state index contributed by atoms with van der Waals surface area (Å²) in [6, 6.07) is 1.81. The highest BCUT2D eigenvalue weighted by molar-refractivity contribution is 5.48. The number of nitrogens with one attached hydrogen (secondary N) is 1. The zero-order valence-electron chi connectivity index (χ0n) is 9.35. The summed E-state index contributed by atoms with van der Waals surface area (Å²) in [5.41, 5.74) is 1.95. The Morgan fingerprint density at radius 1 is 1.44 bits per heavy atom. The Morgan fingerprint density at radius 3 is 2.75 bits per heavy atom. The summed E-state index contributed by atoms with van der Waals surface area (Å²) in [4.78, 5) is 10.3. The van der Waals surface area contributed by atoms with Gasteiger partial charge in [0.2, 0.25) is 0 Å². The molecule has 0 saturated carbocycles. The molecule has 1 aromatic heterocycles. The number of rotatable bonds is 2. The first-order valence-electron chi connectivity index (χ1n) is 5.37. The van der Waals surface area contributed by atoms with Gasteiger partial charge >= 0.3 is 0 Å². The Hall–Kier alpha value is -1.40. The minimum absolute atomic E-state index is 0.543. The summed E-state index contributed by atoms with van der Waals surface area (Å²) in [7, 11) is 0. The number of anilines is 2. The van der Waals surface area contributed by atoms with E-state index in [4.69, 9.17) is 5.84 Å². The monoisotopic (exact) mass is 223 g/mol. The van der Waals surface area contributed by atoms with E-state index in [1.807, 2.05) is 6.92 Å². The molecule has 2 heterocycles. The zero-order valence-corrected chi connectivity index (χ0v) is 9.35. The first-order valence-corrected chi connectivity index (χ1v) is 5.37. The smallest absolute Gasteiger partial charge is 0.145 e. The molecule has 1 aliphatic heterocycles. The van der Waals surface area contributed by atoms with E-state index in [1.165, 1.54) is 6.33 Å². The number of aromatic nitrogens is 2. The van der Waals surface area contributed by atoms with Gasteiger partial charge < -0.3 is 15.4 Å². The average Bonchev–Trinajstić information content (AvgIpc) is 2.29. The van der Waals surface area contributed by atoms with Crippen molar-refractivity contribution in [3.8, 4) is 0 Å². The van der Waals surface area contributed by atoms with Crippen molar-refractivity contribution < 1.29 is 5.11 Å². The molecule has 0 atom stereocenters. The summed E-state index contributed by atoms with van der Waals surface area (Å²) in [5.74, 6) is 6.74. The highest BCUT2D eigenvalue weighted by atomic mass is 16.3. The van der Waals surface area contributed by atoms with E-state index in [2.05, 4.69) is 20.3 Å². The molecule has 2 rings (SSSR count). The Morgan fingerprint density at radius 2 is 2.12 bits per heavy atom. The molecular weight excluding hydrogens is 206 g/mol. The van der Waals surface area contributed by atoms with Crippen molar-refractivity contribution in [2.45, 2.75) is 25.4 Å². The van der Waals surface area contributed by atoms with Crippen LogP contribution in [0.5, 0.6) is 0 Å². The molecule has 6 heteroatoms. The lowest BCUT2D eigenvalue weighted by Gasteiger charge is -2.36. The van der Waals surface area contributed by atoms with Crippen molar-refractivity contribution in [3.63, 3.8) is 0 Å². The van der Waals surface area contributed by atoms with Gasteiger partial charge in [-0.05, 0) is 19.8 Å². The Labute approximate surface area is 94.5 Å². The molecule has 6 nitrogen and oxygen atoms in total. The van der Waals surface area contributed by atoms with Gasteiger partial charge in [-0.3, -0.25) is 0 Å². The van der Waals surface area contributed by atoms with Gasteiger partial charge in [0.25, 0.3) is 0 Å². The number of hydrazine groups is 1. The largest absolute Gasteiger partial charge is 0.390 e. The van der Waals surface area contributed by atoms with Gasteiger partial charge in [0.15, 0.2) is 0 Å². The van der Waals surface area contributed by atoms with Crippen molar-refractivity contribution in [1.82, 2.24) is 9.97 Å². The fourth-order valence-electron chi connectivity index (χ4n) is 1.82. The minimum atomic E-state index is -0.543. The topological polar surface area (TPSA) is 87.3 Å². The molecule has 0 radical (unpaired) electrons. The lowest BCUT2D eigenvalue weighted by Crippen LogP contribution is -2.42. The maximum Gasteiger partial charge on any atom is 0.145 e. The molecule has 4 N–H and O–H groups in total. The fraction of sp³-hybridized carbons (Fsp3) is 0.600. The number of aliphatic hydroxyl groups is 1. The second-order valence-corrected chi connectivity index (χ2v) is 4.39. The van der Waals surface area contributed by atoms with Gasteiger partial charge in [-0.25, -0.2) is 15.8 Å². The molecule has 1 saturated heterocycles. The highest BCUT2D eigenvalue weighted by Gasteiger charge is 2.27. The van der Waals surface area contributed by atoms with E-state index in [1.54, 1.807) is 6.07 Å². The van der Waals surface area contributed by atoms with E-state index in [0.29, 0.717) is 5.82 Å². The summed E-state index contributed by atoms with van der Waals surface area (Å²) < 4.78 is 0. The molecule has 0 spiro atoms. The maximum absolute atomic E-state index is 9.85. The third kappa shape index (κ3) is 2.40. The van der Waals surface area contributed by atoms with Crippen LogP contribution in [0.25, 0.3) is 0 Å². The fourth-order valence-corrected chi connectivity index (χ4v) is 1.82. The van der Waals surface area contributed by atoms with E-state index >= 15 is 0 Å². The molecule has 0 aromatic carbocycles. The molecule has 1 fully saturated rings. The van der Waals surface area contributed by atoms with Crippen LogP contribution in [0.4, 0.5) is 11.6 Å². The third-order valence-corrected chi connectivity index (χ3v) is 2.97. The Bertz CT molecular complexity index is 358. The average molecular weight is 223 g/mol. The van der Waals surface area contributed by atoms with Crippen LogP contribution in [0.2, 0.25) is 0 Å². The maximum atomic E-state index is 9.85. The van der Waals surface area contributed by atoms with E-state index < -0.39 is 5.60 Å². The van der Waals surface area contributed by atoms with Gasteiger partial charge in [0, 0.05) is 19.2 Å². The van der Waals surface area contributed by atoms with E-state index in [-0.39, 0.29) is 0 Å². The molecule has 0 amide bonds. The standard InChI is InChI=1S/C10H17N5O/c1-10(16)2-4-15(5-3-10)9-6-8(14-11)12-7-13-9/h6-7,16H,2-5,11H2,1H3,(H,12,13,14). The number of hydrogen-bond donors (Lipinski definition) is 3. The molecule has 88 valence electrons. The van der Waals surface area contributed by atoms with Crippen molar-refractivity contribution in [3.05, 3.63) is 12.4 Å². The van der Waals surface area contributed by atoms with Crippen molar-refractivity contribution in [1.29, 1.82) is 0 Å². The van der Waals surface area contributed by atoms with E-state index in [9.17, 15) is 5.11 Å². The van der Waals surface area contributed by atoms with E-state index in [0.717, 1.165) is 31.7 Å². The molecular formula is C10H17N5O. The molecule has 16 heavy (non-hydrogen) atoms. The van der Waals surface area contributed by atoms with Crippen molar-refractivity contribution >= 4 is 11.6 Å². The van der Waals surface area contributed by atoms with Gasteiger partial charge in [0.1, 0.15) is 18.0 Å². The van der Waals surface area contributed by atoms with Gasteiger partial charge in [-0.15, -0.1) is 0 Å². The van der Waals surface area contributed by atoms with Crippen LogP contribution in [-0.4, -0.2) is 33.8 Å². The van der Waals surface area contributed by atoms with Gasteiger partial charge in [-0.1, -0.05) is 0 Å². The Balaban J connectivity index is 2.08. The lowest BCUT2D eigenvalue weighted by atomic mass is 9.94. The number of piperidine rings is 1. The SMILES string of the molecule is CC1(O)CCN(c2cc(NN)ncn2)CC1. The predicted molar refractivity (Wildman–Crippen MR) is 61.9 cm³/mol. The summed E-state index contributed by atoms with van der Waals surface area (Å²) in [6.45, 7) is 3.47. The predicted octanol–water partition coefficient (Wildman–Crippen LogP) is 0.113. The van der Waals surface area contributed by atoms with Crippen molar-refractivity contribution in [2.24, 2.45) is 5.84 Å². The van der Waals surface area contributed by atoms with Gasteiger partial charge in [0.05, 0.1) is 5.60 Å². The minimum Gasteiger partial charge on any atom is -0.390 e. The second-order valence-electron chi connectivity index (χ2n) is 4.39. The highest BCUT2D eigenvalue weighted by Crippen LogP contribution is 2.24. The first kappa shape index (κ1) is 11.1. The van der Waals surface area contributed by atoms with Crippen LogP contribution in [0, 0.1) is 0 Å². The number of hydrogen-bond acceptors (Lipinski definition) is 6. The van der Waals surface area contributed by atoms with Crippen LogP contribution < -0.4 is 16.2 Å². The normalized spacial score (nSPS) is 19.6. The summed E-state index contributed by atoms with van der Waals surface area (Å²) >= 11 is 0. The lowest BCUT2D eigenvalue weighted by molar-refractivity contribution is 0.0350. The first-order chi connectivity index (χ1) is 7.61. The third-order valence-electron chi connectivity index (χ3n) is 2.97. The van der Waals surface area contributed by atoms with Crippen LogP contribution in [0.15, 0.2) is 12.4 Å². The van der Waals surface area contributed by atoms with Crippen LogP contribution in [0.1, 0.15) is 19.8 Å². The number of nitrogens with two attached hydrogens (primary N) is 1. The summed E-state index contributed by atoms with van der Waals surface area (Å²) in [5, 5.41) is 9.85. The molecule has 1 aromatic rings. The Kier molecular flexibility index (Phi) is 2.93. The molecule has 0 unspecified atom stereocenters. The van der Waals surface area contributed by atoms with Crippen LogP contribution in [0.3, 0.4) is 0 Å². The van der Waals surface area contributed by atoms with Crippen LogP contribution >= 0.6 is 0 Å². The second kappa shape index (κ2) is 4.23. The summed E-state index contributed by atoms with van der Waals surface area (Å²) in [6.07, 6.45) is 2.99. The quantitative estimate of drug-likeness (QED) is 0.487. The zero-order chi connectivity index (χ0) is 11.6. The number of nitrogen functional groups attached to an aromatic ring is 1.